The number of quaternary nitrogens is 1. The van der Waals surface area contributed by atoms with Gasteiger partial charge in [-0.05, 0) is 75.9 Å². The number of aldehydes is 1. The smallest absolute Gasteiger partial charge is 0.150 e. The SMILES string of the molecule is CC.CCCCc1oc2ccccc2c1C.CC[N+](CC)(CCOc1c(C)cc(C=O)cc1C)OC. The van der Waals surface area contributed by atoms with E-state index in [0.717, 1.165) is 60.6 Å². The van der Waals surface area contributed by atoms with Crippen molar-refractivity contribution in [3.63, 3.8) is 0 Å². The average Bonchev–Trinajstić information content (AvgIpc) is 3.23. The van der Waals surface area contributed by atoms with Gasteiger partial charge in [0.15, 0.2) is 0 Å². The first-order valence-electron chi connectivity index (χ1n) is 13.4. The molecule has 0 saturated heterocycles. The highest BCUT2D eigenvalue weighted by Crippen LogP contribution is 2.26. The van der Waals surface area contributed by atoms with Crippen molar-refractivity contribution in [2.24, 2.45) is 0 Å². The quantitative estimate of drug-likeness (QED) is 0.153. The van der Waals surface area contributed by atoms with Crippen LogP contribution in [0.25, 0.3) is 11.0 Å². The van der Waals surface area contributed by atoms with Gasteiger partial charge >= 0.3 is 0 Å². The van der Waals surface area contributed by atoms with Gasteiger partial charge in [-0.3, -0.25) is 4.79 Å². The maximum absolute atomic E-state index is 10.8. The maximum Gasteiger partial charge on any atom is 0.150 e. The van der Waals surface area contributed by atoms with E-state index >= 15 is 0 Å². The first kappa shape index (κ1) is 31.4. The molecule has 0 aliphatic rings. The zero-order valence-corrected chi connectivity index (χ0v) is 24.1. The van der Waals surface area contributed by atoms with Gasteiger partial charge in [-0.1, -0.05) is 45.4 Å². The van der Waals surface area contributed by atoms with E-state index in [4.69, 9.17) is 14.0 Å². The normalized spacial score (nSPS) is 10.8. The minimum absolute atomic E-state index is 0.588. The van der Waals surface area contributed by atoms with Gasteiger partial charge in [-0.25, -0.2) is 4.84 Å². The highest BCUT2D eigenvalue weighted by Gasteiger charge is 2.24. The Kier molecular flexibility index (Phi) is 14.1. The van der Waals surface area contributed by atoms with Crippen LogP contribution in [0.5, 0.6) is 5.75 Å². The lowest BCUT2D eigenvalue weighted by atomic mass is 10.1. The lowest BCUT2D eigenvalue weighted by molar-refractivity contribution is -1.10. The molecule has 0 aliphatic carbocycles. The van der Waals surface area contributed by atoms with E-state index in [0.29, 0.717) is 16.8 Å². The van der Waals surface area contributed by atoms with Crippen LogP contribution in [0.2, 0.25) is 0 Å². The molecule has 200 valence electrons. The van der Waals surface area contributed by atoms with Crippen molar-refractivity contribution in [2.75, 3.05) is 33.4 Å². The molecule has 3 rings (SSSR count). The molecular formula is C31H48NO4+. The van der Waals surface area contributed by atoms with Gasteiger partial charge in [-0.15, -0.1) is 0 Å². The van der Waals surface area contributed by atoms with Gasteiger partial charge in [0.25, 0.3) is 0 Å². The molecule has 5 heteroatoms. The van der Waals surface area contributed by atoms with E-state index in [-0.39, 0.29) is 0 Å². The summed E-state index contributed by atoms with van der Waals surface area (Å²) in [5.41, 5.74) is 5.02. The number of para-hydroxylation sites is 1. The first-order chi connectivity index (χ1) is 17.3. The van der Waals surface area contributed by atoms with Crippen molar-refractivity contribution in [3.8, 4) is 5.75 Å². The van der Waals surface area contributed by atoms with Crippen molar-refractivity contribution in [1.29, 1.82) is 0 Å². The molecule has 0 unspecified atom stereocenters. The van der Waals surface area contributed by atoms with E-state index in [2.05, 4.69) is 39.8 Å². The Labute approximate surface area is 218 Å². The summed E-state index contributed by atoms with van der Waals surface area (Å²) in [6, 6.07) is 12.0. The van der Waals surface area contributed by atoms with Crippen molar-refractivity contribution in [1.82, 2.24) is 0 Å². The zero-order chi connectivity index (χ0) is 27.1. The monoisotopic (exact) mass is 498 g/mol. The van der Waals surface area contributed by atoms with E-state index in [1.165, 1.54) is 23.8 Å². The van der Waals surface area contributed by atoms with Crippen molar-refractivity contribution >= 4 is 17.3 Å². The van der Waals surface area contributed by atoms with Crippen LogP contribution in [0.4, 0.5) is 0 Å². The molecule has 3 aromatic rings. The number of rotatable bonds is 11. The number of unbranched alkanes of at least 4 members (excludes halogenated alkanes) is 1. The van der Waals surface area contributed by atoms with Crippen LogP contribution in [-0.2, 0) is 11.3 Å². The van der Waals surface area contributed by atoms with Crippen molar-refractivity contribution in [2.45, 2.75) is 74.7 Å². The van der Waals surface area contributed by atoms with Crippen LogP contribution in [0.3, 0.4) is 0 Å². The zero-order valence-electron chi connectivity index (χ0n) is 24.1. The molecule has 0 bridgehead atoms. The second-order valence-electron chi connectivity index (χ2n) is 8.80. The summed E-state index contributed by atoms with van der Waals surface area (Å²) in [5, 5.41) is 1.26. The first-order valence-corrected chi connectivity index (χ1v) is 13.4. The minimum atomic E-state index is 0.588. The molecule has 0 radical (unpaired) electrons. The Morgan fingerprint density at radius 2 is 1.58 bits per heavy atom. The minimum Gasteiger partial charge on any atom is -0.487 e. The van der Waals surface area contributed by atoms with Crippen LogP contribution in [0.1, 0.15) is 80.3 Å². The van der Waals surface area contributed by atoms with Crippen LogP contribution < -0.4 is 4.74 Å². The van der Waals surface area contributed by atoms with Gasteiger partial charge in [-0.2, -0.15) is 4.65 Å². The summed E-state index contributed by atoms with van der Waals surface area (Å²) in [6.45, 7) is 19.7. The number of benzene rings is 2. The number of likely N-dealkylation sites (N-methyl/N-ethyl adjacent to an activating group) is 1. The highest BCUT2D eigenvalue weighted by molar-refractivity contribution is 5.81. The third kappa shape index (κ3) is 8.49. The molecule has 1 aromatic heterocycles. The van der Waals surface area contributed by atoms with Crippen molar-refractivity contribution in [3.05, 3.63) is 64.4 Å². The molecule has 0 saturated carbocycles. The van der Waals surface area contributed by atoms with E-state index in [9.17, 15) is 4.79 Å². The van der Waals surface area contributed by atoms with Gasteiger partial charge < -0.3 is 9.15 Å². The summed E-state index contributed by atoms with van der Waals surface area (Å²) in [5.74, 6) is 2.03. The van der Waals surface area contributed by atoms with Gasteiger partial charge in [0.05, 0.1) is 7.11 Å². The summed E-state index contributed by atoms with van der Waals surface area (Å²) < 4.78 is 12.3. The standard InChI is InChI=1S/C16H26NO3.C13H16O.C2H6/c1-6-17(7-2,19-5)8-9-20-16-13(3)10-15(12-18)11-14(16)4;1-3-4-8-12-10(2)11-7-5-6-9-13(11)14-12;1-2/h10-12H,6-9H2,1-5H3;5-7,9H,3-4,8H2,1-2H3;1-2H3/q+1;;. The fourth-order valence-electron chi connectivity index (χ4n) is 4.28. The Morgan fingerprint density at radius 1 is 0.972 bits per heavy atom. The number of furan rings is 1. The Bertz CT molecular complexity index is 1020. The molecule has 0 N–H and O–H groups in total. The number of hydroxylamine groups is 3. The summed E-state index contributed by atoms with van der Waals surface area (Å²) >= 11 is 0. The third-order valence-corrected chi connectivity index (χ3v) is 6.60. The number of ether oxygens (including phenoxy) is 1. The number of hydrogen-bond donors (Lipinski definition) is 0. The summed E-state index contributed by atoms with van der Waals surface area (Å²) in [4.78, 5) is 16.4. The molecule has 0 fully saturated rings. The fraction of sp³-hybridized carbons (Fsp3) is 0.516. The Balaban J connectivity index is 0.000000353. The molecular weight excluding hydrogens is 450 g/mol. The van der Waals surface area contributed by atoms with Gasteiger partial charge in [0, 0.05) is 17.4 Å². The van der Waals surface area contributed by atoms with Crippen LogP contribution in [0, 0.1) is 20.8 Å². The summed E-state index contributed by atoms with van der Waals surface area (Å²) in [6.07, 6.45) is 4.36. The van der Waals surface area contributed by atoms with Crippen LogP contribution in [-0.4, -0.2) is 44.3 Å². The molecule has 36 heavy (non-hydrogen) atoms. The molecule has 5 nitrogen and oxygen atoms in total. The highest BCUT2D eigenvalue weighted by atomic mass is 16.7. The number of nitrogens with zero attached hydrogens (tertiary/aromatic N) is 1. The van der Waals surface area contributed by atoms with Crippen LogP contribution in [0.15, 0.2) is 40.8 Å². The lowest BCUT2D eigenvalue weighted by Gasteiger charge is -2.32. The van der Waals surface area contributed by atoms with Crippen LogP contribution >= 0.6 is 0 Å². The van der Waals surface area contributed by atoms with Crippen molar-refractivity contribution < 1.29 is 23.4 Å². The fourth-order valence-corrected chi connectivity index (χ4v) is 4.28. The van der Waals surface area contributed by atoms with E-state index < -0.39 is 0 Å². The number of fused-ring (bicyclic) bond motifs is 1. The lowest BCUT2D eigenvalue weighted by Crippen LogP contribution is -2.49. The average molecular weight is 499 g/mol. The molecule has 0 atom stereocenters. The largest absolute Gasteiger partial charge is 0.487 e. The molecule has 0 aliphatic heterocycles. The number of aryl methyl sites for hydroxylation is 4. The third-order valence-electron chi connectivity index (χ3n) is 6.60. The number of carbonyl (C=O) groups excluding carboxylic acids is 1. The number of hydrogen-bond acceptors (Lipinski definition) is 4. The molecule has 0 amide bonds. The van der Waals surface area contributed by atoms with Gasteiger partial charge in [0.1, 0.15) is 49.6 Å². The Hall–Kier alpha value is -2.63. The number of carbonyl (C=O) groups is 1. The molecule has 0 spiro atoms. The second kappa shape index (κ2) is 16.2. The molecule has 1 heterocycles. The Morgan fingerprint density at radius 3 is 2.08 bits per heavy atom. The van der Waals surface area contributed by atoms with E-state index in [1.807, 2.05) is 52.0 Å². The van der Waals surface area contributed by atoms with Gasteiger partial charge in [0.2, 0.25) is 0 Å². The topological polar surface area (TPSA) is 48.7 Å². The second-order valence-corrected chi connectivity index (χ2v) is 8.80. The molecule has 2 aromatic carbocycles. The maximum atomic E-state index is 10.8. The summed E-state index contributed by atoms with van der Waals surface area (Å²) in [7, 11) is 1.74. The predicted molar refractivity (Wildman–Crippen MR) is 151 cm³/mol. The van der Waals surface area contributed by atoms with E-state index in [1.54, 1.807) is 7.11 Å². The predicted octanol–water partition coefficient (Wildman–Crippen LogP) is 8.02.